The Labute approximate surface area is 113 Å². The van der Waals surface area contributed by atoms with Crippen LogP contribution in [0.25, 0.3) is 6.08 Å². The van der Waals surface area contributed by atoms with Crippen LogP contribution in [0.15, 0.2) is 23.8 Å². The largest absolute Gasteiger partial charge is 0.434 e. The Morgan fingerprint density at radius 3 is 2.76 bits per heavy atom. The summed E-state index contributed by atoms with van der Waals surface area (Å²) in [6.07, 6.45) is 2.63. The van der Waals surface area contributed by atoms with Crippen LogP contribution in [0.5, 0.6) is 5.75 Å². The molecule has 0 unspecified atom stereocenters. The lowest BCUT2D eigenvalue weighted by molar-refractivity contribution is -0.0499. The van der Waals surface area contributed by atoms with Gasteiger partial charge in [-0.1, -0.05) is 46.1 Å². The molecule has 0 aliphatic rings. The Balaban J connectivity index is 3.10. The van der Waals surface area contributed by atoms with Gasteiger partial charge in [0.25, 0.3) is 0 Å². The van der Waals surface area contributed by atoms with Crippen LogP contribution in [0.4, 0.5) is 8.78 Å². The third-order valence-corrected chi connectivity index (χ3v) is 3.13. The molecule has 0 aliphatic carbocycles. The third-order valence-electron chi connectivity index (χ3n) is 2.17. The zero-order chi connectivity index (χ0) is 12.8. The third kappa shape index (κ3) is 4.64. The van der Waals surface area contributed by atoms with Crippen LogP contribution in [-0.4, -0.2) is 11.9 Å². The summed E-state index contributed by atoms with van der Waals surface area (Å²) in [7, 11) is 0. The molecule has 0 atom stereocenters. The summed E-state index contributed by atoms with van der Waals surface area (Å²) in [6, 6.07) is 4.58. The second-order valence-corrected chi connectivity index (χ2v) is 4.35. The summed E-state index contributed by atoms with van der Waals surface area (Å²) in [5.74, 6) is 0.135. The van der Waals surface area contributed by atoms with E-state index in [9.17, 15) is 8.78 Å². The SMILES string of the molecule is CCC(=Cc1cc(Cl)ccc1OC(F)F)CBr. The molecule has 0 saturated carbocycles. The molecule has 0 heterocycles. The molecule has 5 heteroatoms. The highest BCUT2D eigenvalue weighted by atomic mass is 79.9. The van der Waals surface area contributed by atoms with Crippen molar-refractivity contribution in [2.45, 2.75) is 20.0 Å². The zero-order valence-electron chi connectivity index (χ0n) is 9.22. The minimum absolute atomic E-state index is 0.135. The summed E-state index contributed by atoms with van der Waals surface area (Å²) >= 11 is 9.18. The summed E-state index contributed by atoms with van der Waals surface area (Å²) in [6.45, 7) is -0.844. The minimum Gasteiger partial charge on any atom is -0.434 e. The maximum Gasteiger partial charge on any atom is 0.387 e. The Bertz CT molecular complexity index is 401. The average molecular weight is 326 g/mol. The first-order valence-electron chi connectivity index (χ1n) is 5.06. The molecule has 1 rings (SSSR count). The Kier molecular flexibility index (Phi) is 5.92. The molecule has 0 saturated heterocycles. The van der Waals surface area contributed by atoms with Crippen LogP contribution in [-0.2, 0) is 0 Å². The van der Waals surface area contributed by atoms with E-state index in [2.05, 4.69) is 20.7 Å². The van der Waals surface area contributed by atoms with E-state index in [-0.39, 0.29) is 5.75 Å². The highest BCUT2D eigenvalue weighted by Gasteiger charge is 2.09. The predicted octanol–water partition coefficient (Wildman–Crippen LogP) is 5.13. The molecule has 0 bridgehead atoms. The monoisotopic (exact) mass is 324 g/mol. The van der Waals surface area contributed by atoms with Crippen molar-refractivity contribution in [2.24, 2.45) is 0 Å². The van der Waals surface area contributed by atoms with Crippen molar-refractivity contribution in [2.75, 3.05) is 5.33 Å². The van der Waals surface area contributed by atoms with Gasteiger partial charge in [-0.3, -0.25) is 0 Å². The van der Waals surface area contributed by atoms with E-state index < -0.39 is 6.61 Å². The standard InChI is InChI=1S/C12H12BrClF2O/c1-2-8(7-13)5-9-6-10(14)3-4-11(9)17-12(15)16/h3-6,12H,2,7H2,1H3. The van der Waals surface area contributed by atoms with E-state index >= 15 is 0 Å². The number of rotatable bonds is 5. The molecule has 1 aromatic rings. The summed E-state index contributed by atoms with van der Waals surface area (Å²) in [5, 5.41) is 1.17. The average Bonchev–Trinajstić information content (AvgIpc) is 2.28. The van der Waals surface area contributed by atoms with Crippen molar-refractivity contribution >= 4 is 33.6 Å². The van der Waals surface area contributed by atoms with Crippen molar-refractivity contribution in [1.29, 1.82) is 0 Å². The summed E-state index contributed by atoms with van der Waals surface area (Å²) in [4.78, 5) is 0. The smallest absolute Gasteiger partial charge is 0.387 e. The molecule has 0 aliphatic heterocycles. The number of ether oxygens (including phenoxy) is 1. The topological polar surface area (TPSA) is 9.23 Å². The molecule has 94 valence electrons. The van der Waals surface area contributed by atoms with Gasteiger partial charge in [0.15, 0.2) is 0 Å². The molecule has 17 heavy (non-hydrogen) atoms. The van der Waals surface area contributed by atoms with Crippen molar-refractivity contribution < 1.29 is 13.5 Å². The molecule has 1 aromatic carbocycles. The van der Waals surface area contributed by atoms with Crippen LogP contribution in [0.2, 0.25) is 5.02 Å². The van der Waals surface area contributed by atoms with Gasteiger partial charge in [0.2, 0.25) is 0 Å². The highest BCUT2D eigenvalue weighted by Crippen LogP contribution is 2.27. The molecular weight excluding hydrogens is 313 g/mol. The normalized spacial score (nSPS) is 12.0. The number of halogens is 4. The molecule has 0 spiro atoms. The van der Waals surface area contributed by atoms with Crippen molar-refractivity contribution in [3.63, 3.8) is 0 Å². The van der Waals surface area contributed by atoms with E-state index in [1.165, 1.54) is 12.1 Å². The quantitative estimate of drug-likeness (QED) is 0.682. The second-order valence-electron chi connectivity index (χ2n) is 3.35. The fraction of sp³-hybridized carbons (Fsp3) is 0.333. The van der Waals surface area contributed by atoms with Gasteiger partial charge in [-0.15, -0.1) is 0 Å². The van der Waals surface area contributed by atoms with E-state index in [1.54, 1.807) is 12.1 Å². The second kappa shape index (κ2) is 6.97. The van der Waals surface area contributed by atoms with Crippen LogP contribution in [0.1, 0.15) is 18.9 Å². The van der Waals surface area contributed by atoms with Gasteiger partial charge in [-0.05, 0) is 24.6 Å². The Morgan fingerprint density at radius 2 is 2.24 bits per heavy atom. The lowest BCUT2D eigenvalue weighted by Crippen LogP contribution is -2.03. The maximum absolute atomic E-state index is 12.2. The van der Waals surface area contributed by atoms with Crippen LogP contribution < -0.4 is 4.74 Å². The first kappa shape index (κ1) is 14.5. The van der Waals surface area contributed by atoms with Gasteiger partial charge >= 0.3 is 6.61 Å². The summed E-state index contributed by atoms with van der Waals surface area (Å²) in [5.41, 5.74) is 1.64. The molecule has 1 nitrogen and oxygen atoms in total. The lowest BCUT2D eigenvalue weighted by atomic mass is 10.1. The molecule has 0 radical (unpaired) electrons. The van der Waals surface area contributed by atoms with Crippen LogP contribution in [0, 0.1) is 0 Å². The lowest BCUT2D eigenvalue weighted by Gasteiger charge is -2.09. The van der Waals surface area contributed by atoms with Crippen molar-refractivity contribution in [1.82, 2.24) is 0 Å². The maximum atomic E-state index is 12.2. The number of allylic oxidation sites excluding steroid dienone is 1. The van der Waals surface area contributed by atoms with E-state index in [0.717, 1.165) is 12.0 Å². The Hall–Kier alpha value is -0.610. The molecule has 0 fully saturated rings. The van der Waals surface area contributed by atoms with Gasteiger partial charge in [-0.2, -0.15) is 8.78 Å². The van der Waals surface area contributed by atoms with Crippen LogP contribution in [0.3, 0.4) is 0 Å². The number of hydrogen-bond donors (Lipinski definition) is 0. The molecular formula is C12H12BrClF2O. The van der Waals surface area contributed by atoms with E-state index in [4.69, 9.17) is 11.6 Å². The number of benzene rings is 1. The number of hydrogen-bond acceptors (Lipinski definition) is 1. The van der Waals surface area contributed by atoms with Gasteiger partial charge < -0.3 is 4.74 Å². The fourth-order valence-electron chi connectivity index (χ4n) is 1.29. The molecule has 0 N–H and O–H groups in total. The van der Waals surface area contributed by atoms with E-state index in [1.807, 2.05) is 6.92 Å². The number of alkyl halides is 3. The minimum atomic E-state index is -2.84. The first-order chi connectivity index (χ1) is 8.06. The van der Waals surface area contributed by atoms with Gasteiger partial charge in [0, 0.05) is 15.9 Å². The summed E-state index contributed by atoms with van der Waals surface area (Å²) < 4.78 is 28.9. The highest BCUT2D eigenvalue weighted by molar-refractivity contribution is 9.09. The Morgan fingerprint density at radius 1 is 1.53 bits per heavy atom. The first-order valence-corrected chi connectivity index (χ1v) is 6.56. The van der Waals surface area contributed by atoms with E-state index in [0.29, 0.717) is 15.9 Å². The fourth-order valence-corrected chi connectivity index (χ4v) is 2.03. The predicted molar refractivity (Wildman–Crippen MR) is 70.1 cm³/mol. The van der Waals surface area contributed by atoms with Crippen LogP contribution >= 0.6 is 27.5 Å². The van der Waals surface area contributed by atoms with Crippen molar-refractivity contribution in [3.05, 3.63) is 34.4 Å². The van der Waals surface area contributed by atoms with Crippen molar-refractivity contribution in [3.8, 4) is 5.75 Å². The van der Waals surface area contributed by atoms with Gasteiger partial charge in [0.05, 0.1) is 0 Å². The molecule has 0 amide bonds. The zero-order valence-corrected chi connectivity index (χ0v) is 11.6. The van der Waals surface area contributed by atoms with Gasteiger partial charge in [0.1, 0.15) is 5.75 Å². The van der Waals surface area contributed by atoms with Gasteiger partial charge in [-0.25, -0.2) is 0 Å². The molecule has 0 aromatic heterocycles.